The quantitative estimate of drug-likeness (QED) is 0.219. The molecule has 0 bridgehead atoms. The van der Waals surface area contributed by atoms with Gasteiger partial charge >= 0.3 is 0 Å². The van der Waals surface area contributed by atoms with Gasteiger partial charge < -0.3 is 5.32 Å². The van der Waals surface area contributed by atoms with Crippen LogP contribution in [0.4, 0.5) is 5.69 Å². The number of nitrogens with zero attached hydrogens (tertiary/aromatic N) is 3. The lowest BCUT2D eigenvalue weighted by molar-refractivity contribution is -0.113. The summed E-state index contributed by atoms with van der Waals surface area (Å²) in [6, 6.07) is 32.5. The first-order chi connectivity index (χ1) is 17.6. The molecule has 36 heavy (non-hydrogen) atoms. The number of halogens is 2. The zero-order valence-electron chi connectivity index (χ0n) is 18.9. The van der Waals surface area contributed by atoms with Crippen molar-refractivity contribution < 1.29 is 4.79 Å². The van der Waals surface area contributed by atoms with Crippen molar-refractivity contribution in [1.82, 2.24) is 14.8 Å². The minimum absolute atomic E-state index is 0.140. The Bertz CT molecular complexity index is 1500. The average Bonchev–Trinajstić information content (AvgIpc) is 3.33. The summed E-state index contributed by atoms with van der Waals surface area (Å²) in [5.41, 5.74) is 4.40. The largest absolute Gasteiger partial charge is 0.325 e. The predicted molar refractivity (Wildman–Crippen MR) is 148 cm³/mol. The van der Waals surface area contributed by atoms with Gasteiger partial charge in [0.05, 0.1) is 5.75 Å². The fourth-order valence-electron chi connectivity index (χ4n) is 3.78. The summed E-state index contributed by atoms with van der Waals surface area (Å²) in [5, 5.41) is 13.6. The molecule has 5 aromatic rings. The van der Waals surface area contributed by atoms with E-state index in [-0.39, 0.29) is 11.7 Å². The minimum Gasteiger partial charge on any atom is -0.325 e. The van der Waals surface area contributed by atoms with Crippen LogP contribution >= 0.6 is 35.0 Å². The Kier molecular flexibility index (Phi) is 7.37. The highest BCUT2D eigenvalue weighted by molar-refractivity contribution is 7.99. The van der Waals surface area contributed by atoms with Crippen molar-refractivity contribution >= 4 is 46.6 Å². The highest BCUT2D eigenvalue weighted by Gasteiger charge is 2.18. The summed E-state index contributed by atoms with van der Waals surface area (Å²) in [6.45, 7) is 0. The number of hydrogen-bond donors (Lipinski definition) is 1. The van der Waals surface area contributed by atoms with Gasteiger partial charge in [0.1, 0.15) is 0 Å². The van der Waals surface area contributed by atoms with Gasteiger partial charge in [0, 0.05) is 32.5 Å². The molecule has 0 aliphatic rings. The van der Waals surface area contributed by atoms with Gasteiger partial charge in [-0.1, -0.05) is 95.6 Å². The fraction of sp³-hybridized carbons (Fsp3) is 0.0357. The molecule has 5 rings (SSSR count). The summed E-state index contributed by atoms with van der Waals surface area (Å²) in [6.07, 6.45) is 0. The molecule has 1 heterocycles. The van der Waals surface area contributed by atoms with Crippen molar-refractivity contribution in [2.75, 3.05) is 11.1 Å². The highest BCUT2D eigenvalue weighted by atomic mass is 35.5. The maximum Gasteiger partial charge on any atom is 0.234 e. The topological polar surface area (TPSA) is 59.8 Å². The van der Waals surface area contributed by atoms with Crippen molar-refractivity contribution in [3.05, 3.63) is 113 Å². The molecule has 0 atom stereocenters. The number of carbonyl (C=O) groups is 1. The molecule has 0 saturated heterocycles. The van der Waals surface area contributed by atoms with E-state index < -0.39 is 0 Å². The highest BCUT2D eigenvalue weighted by Crippen LogP contribution is 2.31. The number of nitrogens with one attached hydrogen (secondary N) is 1. The summed E-state index contributed by atoms with van der Waals surface area (Å²) in [7, 11) is 0. The lowest BCUT2D eigenvalue weighted by atomic mass is 10.0. The number of para-hydroxylation sites is 1. The SMILES string of the molecule is O=C(CSc1nnc(-c2cccc(Cl)c2)n1-c1ccc(Cl)cc1)Nc1ccccc1-c1ccccc1. The number of carbonyl (C=O) groups excluding carboxylic acids is 1. The minimum atomic E-state index is -0.140. The van der Waals surface area contributed by atoms with Gasteiger partial charge in [-0.3, -0.25) is 9.36 Å². The van der Waals surface area contributed by atoms with E-state index in [0.717, 1.165) is 28.1 Å². The molecule has 8 heteroatoms. The van der Waals surface area contributed by atoms with Crippen LogP contribution in [0.3, 0.4) is 0 Å². The number of aromatic nitrogens is 3. The third-order valence-electron chi connectivity index (χ3n) is 5.42. The van der Waals surface area contributed by atoms with Gasteiger partial charge in [0.15, 0.2) is 11.0 Å². The van der Waals surface area contributed by atoms with Crippen molar-refractivity contribution in [1.29, 1.82) is 0 Å². The van der Waals surface area contributed by atoms with Crippen LogP contribution in [-0.2, 0) is 4.79 Å². The Labute approximate surface area is 223 Å². The molecule has 1 N–H and O–H groups in total. The average molecular weight is 531 g/mol. The summed E-state index contributed by atoms with van der Waals surface area (Å²) < 4.78 is 1.90. The molecule has 0 saturated carbocycles. The van der Waals surface area contributed by atoms with E-state index in [9.17, 15) is 4.79 Å². The number of hydrogen-bond acceptors (Lipinski definition) is 4. The molecule has 1 aromatic heterocycles. The van der Waals surface area contributed by atoms with Crippen LogP contribution in [0.25, 0.3) is 28.2 Å². The van der Waals surface area contributed by atoms with Crippen LogP contribution in [0.1, 0.15) is 0 Å². The molecule has 0 fully saturated rings. The van der Waals surface area contributed by atoms with Crippen molar-refractivity contribution in [2.24, 2.45) is 0 Å². The summed E-state index contributed by atoms with van der Waals surface area (Å²) >= 11 is 13.6. The van der Waals surface area contributed by atoms with E-state index >= 15 is 0 Å². The first-order valence-corrected chi connectivity index (χ1v) is 12.9. The molecule has 4 aromatic carbocycles. The molecular formula is C28H20Cl2N4OS. The third kappa shape index (κ3) is 5.46. The van der Waals surface area contributed by atoms with E-state index in [1.165, 1.54) is 11.8 Å². The van der Waals surface area contributed by atoms with Crippen LogP contribution in [0, 0.1) is 0 Å². The smallest absolute Gasteiger partial charge is 0.234 e. The molecule has 5 nitrogen and oxygen atoms in total. The van der Waals surface area contributed by atoms with Crippen LogP contribution in [0.2, 0.25) is 10.0 Å². The van der Waals surface area contributed by atoms with Crippen LogP contribution in [-0.4, -0.2) is 26.4 Å². The van der Waals surface area contributed by atoms with Crippen LogP contribution < -0.4 is 5.32 Å². The standard InChI is InChI=1S/C28H20Cl2N4OS/c29-21-13-15-23(16-14-21)34-27(20-9-6-10-22(30)17-20)32-33-28(34)36-18-26(35)31-25-12-5-4-11-24(25)19-7-2-1-3-8-19/h1-17H,18H2,(H,31,35). The Morgan fingerprint density at radius 3 is 2.28 bits per heavy atom. The number of benzene rings is 4. The number of anilines is 1. The first-order valence-electron chi connectivity index (χ1n) is 11.1. The maximum absolute atomic E-state index is 13.0. The lowest BCUT2D eigenvalue weighted by Crippen LogP contribution is -2.15. The number of thioether (sulfide) groups is 1. The van der Waals surface area contributed by atoms with Gasteiger partial charge in [-0.05, 0) is 48.0 Å². The summed E-state index contributed by atoms with van der Waals surface area (Å²) in [4.78, 5) is 13.0. The molecule has 0 spiro atoms. The first kappa shape index (κ1) is 24.1. The van der Waals surface area contributed by atoms with Gasteiger partial charge in [0.2, 0.25) is 5.91 Å². The van der Waals surface area contributed by atoms with Crippen LogP contribution in [0.15, 0.2) is 108 Å². The van der Waals surface area contributed by atoms with Crippen LogP contribution in [0.5, 0.6) is 0 Å². The second-order valence-corrected chi connectivity index (χ2v) is 9.69. The molecular weight excluding hydrogens is 511 g/mol. The van der Waals surface area contributed by atoms with Gasteiger partial charge in [-0.15, -0.1) is 10.2 Å². The van der Waals surface area contributed by atoms with Crippen molar-refractivity contribution in [2.45, 2.75) is 5.16 Å². The van der Waals surface area contributed by atoms with E-state index in [1.807, 2.05) is 89.5 Å². The zero-order valence-corrected chi connectivity index (χ0v) is 21.3. The molecule has 0 aliphatic heterocycles. The second-order valence-electron chi connectivity index (χ2n) is 7.88. The Morgan fingerprint density at radius 1 is 0.778 bits per heavy atom. The molecule has 1 amide bonds. The Morgan fingerprint density at radius 2 is 1.50 bits per heavy atom. The van der Waals surface area contributed by atoms with E-state index in [4.69, 9.17) is 23.2 Å². The van der Waals surface area contributed by atoms with Crippen molar-refractivity contribution in [3.8, 4) is 28.2 Å². The van der Waals surface area contributed by atoms with E-state index in [2.05, 4.69) is 15.5 Å². The van der Waals surface area contributed by atoms with Crippen molar-refractivity contribution in [3.63, 3.8) is 0 Å². The molecule has 178 valence electrons. The third-order valence-corrected chi connectivity index (χ3v) is 6.84. The van der Waals surface area contributed by atoms with Gasteiger partial charge in [-0.25, -0.2) is 0 Å². The van der Waals surface area contributed by atoms with Gasteiger partial charge in [-0.2, -0.15) is 0 Å². The fourth-order valence-corrected chi connectivity index (χ4v) is 4.85. The normalized spacial score (nSPS) is 10.8. The van der Waals surface area contributed by atoms with E-state index in [0.29, 0.717) is 21.0 Å². The zero-order chi connectivity index (χ0) is 24.9. The maximum atomic E-state index is 13.0. The Balaban J connectivity index is 1.40. The molecule has 0 unspecified atom stereocenters. The second kappa shape index (κ2) is 11.0. The molecule has 0 aliphatic carbocycles. The Hall–Kier alpha value is -3.58. The molecule has 0 radical (unpaired) electrons. The summed E-state index contributed by atoms with van der Waals surface area (Å²) in [5.74, 6) is 0.639. The van der Waals surface area contributed by atoms with Gasteiger partial charge in [0.25, 0.3) is 0 Å². The monoisotopic (exact) mass is 530 g/mol. The predicted octanol–water partition coefficient (Wildman–Crippen LogP) is 7.64. The van der Waals surface area contributed by atoms with E-state index in [1.54, 1.807) is 18.2 Å². The number of amides is 1. The number of rotatable bonds is 7. The lowest BCUT2D eigenvalue weighted by Gasteiger charge is -2.12.